The van der Waals surface area contributed by atoms with Gasteiger partial charge in [0.15, 0.2) is 14.2 Å². The highest BCUT2D eigenvalue weighted by Gasteiger charge is 2.50. The first kappa shape index (κ1) is 27.7. The second-order valence-corrected chi connectivity index (χ2v) is 14.9. The van der Waals surface area contributed by atoms with E-state index in [9.17, 15) is 14.4 Å². The molecule has 1 aliphatic rings. The van der Waals surface area contributed by atoms with Crippen LogP contribution in [0.15, 0.2) is 0 Å². The van der Waals surface area contributed by atoms with E-state index in [1.54, 1.807) is 13.8 Å². The Bertz CT molecular complexity index is 672. The summed E-state index contributed by atoms with van der Waals surface area (Å²) in [6, 6.07) is -0.204. The fraction of sp³-hybridized carbons (Fsp3) is 0.818. The Kier molecular flexibility index (Phi) is 9.84. The molecule has 0 saturated carbocycles. The lowest BCUT2D eigenvalue weighted by Crippen LogP contribution is -2.66. The number of hydrogen-bond donors (Lipinski definition) is 1. The molecule has 178 valence electrons. The van der Waals surface area contributed by atoms with E-state index in [-0.39, 0.29) is 54.6 Å². The lowest BCUT2D eigenvalue weighted by atomic mass is 9.76. The maximum atomic E-state index is 12.4. The molecule has 1 N–H and O–H groups in total. The summed E-state index contributed by atoms with van der Waals surface area (Å²) in [6.45, 7) is 18.3. The summed E-state index contributed by atoms with van der Waals surface area (Å²) in [7, 11) is -2.04. The highest BCUT2D eigenvalue weighted by molar-refractivity contribution is 7.80. The van der Waals surface area contributed by atoms with E-state index in [0.29, 0.717) is 4.86 Å². The van der Waals surface area contributed by atoms with Gasteiger partial charge in [0.05, 0.1) is 25.2 Å². The third-order valence-corrected chi connectivity index (χ3v) is 11.5. The highest BCUT2D eigenvalue weighted by atomic mass is 32.1. The summed E-state index contributed by atoms with van der Waals surface area (Å²) in [6.07, 6.45) is -0.208. The minimum Gasteiger partial charge on any atom is -0.465 e. The van der Waals surface area contributed by atoms with E-state index < -0.39 is 26.2 Å². The number of esters is 2. The summed E-state index contributed by atoms with van der Waals surface area (Å²) < 4.78 is 16.5. The number of carbonyl (C=O) groups excluding carboxylic acids is 3. The molecule has 0 bridgehead atoms. The lowest BCUT2D eigenvalue weighted by molar-refractivity contribution is -0.161. The molecule has 1 aliphatic heterocycles. The monoisotopic (exact) mass is 473 g/mol. The third-order valence-electron chi connectivity index (χ3n) is 6.39. The number of ether oxygens (including phenoxy) is 2. The van der Waals surface area contributed by atoms with Crippen LogP contribution in [0.2, 0.25) is 18.1 Å². The number of carbonyl (C=O) groups is 3. The average molecular weight is 474 g/mol. The first-order chi connectivity index (χ1) is 14.2. The molecule has 31 heavy (non-hydrogen) atoms. The van der Waals surface area contributed by atoms with Crippen molar-refractivity contribution in [2.45, 2.75) is 85.2 Å². The van der Waals surface area contributed by atoms with Crippen molar-refractivity contribution in [3.05, 3.63) is 0 Å². The molecule has 9 heteroatoms. The quantitative estimate of drug-likeness (QED) is 0.161. The molecule has 0 aliphatic carbocycles. The molecule has 0 unspecified atom stereocenters. The fourth-order valence-corrected chi connectivity index (χ4v) is 5.15. The maximum absolute atomic E-state index is 12.4. The first-order valence-corrected chi connectivity index (χ1v) is 14.3. The lowest BCUT2D eigenvalue weighted by Gasteiger charge is -2.47. The maximum Gasteiger partial charge on any atom is 0.320 e. The Morgan fingerprint density at radius 2 is 1.58 bits per heavy atom. The van der Waals surface area contributed by atoms with E-state index in [0.717, 1.165) is 0 Å². The standard InChI is InChI=1S/C22H39NO6SSi/c1-10-27-20(25)15(21(26)28-11-2)12-16(30)13(3)18-17(19(24)23-18)14(4)29-31(8,9)22(5,6)7/h13-15,17-18H,10-12H2,1-9H3,(H,23,24)/t13-,14+,17+,18+/m0/s1. The molecule has 1 fully saturated rings. The predicted molar refractivity (Wildman–Crippen MR) is 126 cm³/mol. The number of β-lactam (4-membered cyclic amide) rings is 1. The van der Waals surface area contributed by atoms with Gasteiger partial charge in [0.25, 0.3) is 0 Å². The molecule has 1 heterocycles. The minimum atomic E-state index is -2.04. The first-order valence-electron chi connectivity index (χ1n) is 11.0. The largest absolute Gasteiger partial charge is 0.465 e. The fourth-order valence-electron chi connectivity index (χ4n) is 3.41. The van der Waals surface area contributed by atoms with Gasteiger partial charge in [-0.1, -0.05) is 39.9 Å². The molecule has 0 spiro atoms. The van der Waals surface area contributed by atoms with Crippen LogP contribution < -0.4 is 5.32 Å². The Balaban J connectivity index is 2.91. The van der Waals surface area contributed by atoms with Crippen LogP contribution in [0.4, 0.5) is 0 Å². The molecule has 0 aromatic heterocycles. The van der Waals surface area contributed by atoms with Gasteiger partial charge < -0.3 is 19.2 Å². The molecule has 1 saturated heterocycles. The molecule has 1 amide bonds. The summed E-state index contributed by atoms with van der Waals surface area (Å²) >= 11 is 5.58. The van der Waals surface area contributed by atoms with Gasteiger partial charge in [-0.2, -0.15) is 0 Å². The zero-order chi connectivity index (χ0) is 24.1. The molecule has 0 radical (unpaired) electrons. The van der Waals surface area contributed by atoms with Crippen LogP contribution in [0.3, 0.4) is 0 Å². The van der Waals surface area contributed by atoms with E-state index in [2.05, 4.69) is 39.2 Å². The average Bonchev–Trinajstić information content (AvgIpc) is 2.61. The van der Waals surface area contributed by atoms with Crippen LogP contribution in [0.25, 0.3) is 0 Å². The van der Waals surface area contributed by atoms with Gasteiger partial charge >= 0.3 is 11.9 Å². The summed E-state index contributed by atoms with van der Waals surface area (Å²) in [5.74, 6) is -2.97. The van der Waals surface area contributed by atoms with Crippen molar-refractivity contribution in [3.8, 4) is 0 Å². The van der Waals surface area contributed by atoms with Crippen LogP contribution in [0.1, 0.15) is 54.9 Å². The van der Waals surface area contributed by atoms with Crippen LogP contribution >= 0.6 is 12.2 Å². The van der Waals surface area contributed by atoms with Crippen molar-refractivity contribution in [1.82, 2.24) is 5.32 Å². The van der Waals surface area contributed by atoms with Crippen molar-refractivity contribution in [1.29, 1.82) is 0 Å². The Hall–Kier alpha value is -1.32. The topological polar surface area (TPSA) is 90.9 Å². The van der Waals surface area contributed by atoms with E-state index in [1.165, 1.54) is 0 Å². The number of rotatable bonds is 11. The van der Waals surface area contributed by atoms with Gasteiger partial charge in [0, 0.05) is 18.4 Å². The predicted octanol–water partition coefficient (Wildman–Crippen LogP) is 3.65. The van der Waals surface area contributed by atoms with E-state index in [4.69, 9.17) is 26.1 Å². The van der Waals surface area contributed by atoms with Gasteiger partial charge in [0.1, 0.15) is 0 Å². The number of amides is 1. The van der Waals surface area contributed by atoms with Crippen molar-refractivity contribution in [3.63, 3.8) is 0 Å². The van der Waals surface area contributed by atoms with Crippen LogP contribution in [-0.4, -0.2) is 56.4 Å². The summed E-state index contributed by atoms with van der Waals surface area (Å²) in [5.41, 5.74) is 0. The second-order valence-electron chi connectivity index (χ2n) is 9.66. The molecule has 0 aromatic carbocycles. The van der Waals surface area contributed by atoms with Gasteiger partial charge in [-0.3, -0.25) is 14.4 Å². The van der Waals surface area contributed by atoms with Gasteiger partial charge in [0.2, 0.25) is 5.91 Å². The zero-order valence-electron chi connectivity index (χ0n) is 20.4. The normalized spacial score (nSPS) is 21.0. The Morgan fingerprint density at radius 1 is 1.10 bits per heavy atom. The van der Waals surface area contributed by atoms with Crippen LogP contribution in [0, 0.1) is 17.8 Å². The molecule has 1 rings (SSSR count). The summed E-state index contributed by atoms with van der Waals surface area (Å²) in [4.78, 5) is 37.5. The zero-order valence-corrected chi connectivity index (χ0v) is 22.2. The molecular weight excluding hydrogens is 434 g/mol. The Morgan fingerprint density at radius 3 is 1.97 bits per heavy atom. The SMILES string of the molecule is CCOC(=O)C(CC(=S)[C@H](C)[C@H]1NC(=O)[C@@H]1[C@@H](C)O[Si](C)(C)C(C)(C)C)C(=O)OCC. The van der Waals surface area contributed by atoms with Gasteiger partial charge in [-0.05, 0) is 43.8 Å². The highest BCUT2D eigenvalue weighted by Crippen LogP contribution is 2.39. The number of thiocarbonyl (C=S) groups is 1. The van der Waals surface area contributed by atoms with Gasteiger partial charge in [-0.25, -0.2) is 0 Å². The third kappa shape index (κ3) is 6.83. The van der Waals surface area contributed by atoms with Gasteiger partial charge in [-0.15, -0.1) is 0 Å². The van der Waals surface area contributed by atoms with Crippen molar-refractivity contribution < 1.29 is 28.3 Å². The minimum absolute atomic E-state index is 0.0321. The van der Waals surface area contributed by atoms with E-state index >= 15 is 0 Å². The van der Waals surface area contributed by atoms with E-state index in [1.807, 2.05) is 13.8 Å². The van der Waals surface area contributed by atoms with Crippen molar-refractivity contribution in [2.75, 3.05) is 13.2 Å². The smallest absolute Gasteiger partial charge is 0.320 e. The second kappa shape index (κ2) is 11.0. The molecular formula is C22H39NO6SSi. The van der Waals surface area contributed by atoms with Crippen molar-refractivity contribution in [2.24, 2.45) is 17.8 Å². The Labute approximate surface area is 193 Å². The summed E-state index contributed by atoms with van der Waals surface area (Å²) in [5, 5.41) is 2.97. The molecule has 7 nitrogen and oxygen atoms in total. The van der Waals surface area contributed by atoms with Crippen LogP contribution in [0.5, 0.6) is 0 Å². The molecule has 0 aromatic rings. The number of hydrogen-bond acceptors (Lipinski definition) is 7. The van der Waals surface area contributed by atoms with Crippen molar-refractivity contribution >= 4 is 43.2 Å². The molecule has 4 atom stereocenters. The van der Waals surface area contributed by atoms with Crippen LogP contribution in [-0.2, 0) is 28.3 Å². The number of nitrogens with one attached hydrogen (secondary N) is 1.